The van der Waals surface area contributed by atoms with Crippen LogP contribution >= 0.6 is 11.6 Å². The summed E-state index contributed by atoms with van der Waals surface area (Å²) in [6, 6.07) is 16.5. The molecule has 0 atom stereocenters. The SMILES string of the molecule is Cc1ccc(CN(CC(=O)Nc2ccc(Cl)cc2C)S(=O)(=O)c2c(C)cc(C)cc2C)cc1. The smallest absolute Gasteiger partial charge is 0.244 e. The summed E-state index contributed by atoms with van der Waals surface area (Å²) in [7, 11) is -3.94. The van der Waals surface area contributed by atoms with Gasteiger partial charge in [0.05, 0.1) is 11.4 Å². The molecule has 0 bridgehead atoms. The third kappa shape index (κ3) is 6.02. The van der Waals surface area contributed by atoms with Gasteiger partial charge in [0, 0.05) is 17.3 Å². The normalized spacial score (nSPS) is 11.6. The zero-order chi connectivity index (χ0) is 24.3. The Bertz CT molecular complexity index is 1260. The Morgan fingerprint density at radius 3 is 2.03 bits per heavy atom. The van der Waals surface area contributed by atoms with Gasteiger partial charge in [-0.2, -0.15) is 4.31 Å². The first-order valence-electron chi connectivity index (χ1n) is 10.7. The van der Waals surface area contributed by atoms with Crippen LogP contribution in [0, 0.1) is 34.6 Å². The Kier molecular flexibility index (Phi) is 7.62. The molecule has 33 heavy (non-hydrogen) atoms. The van der Waals surface area contributed by atoms with Crippen molar-refractivity contribution in [2.24, 2.45) is 0 Å². The van der Waals surface area contributed by atoms with Gasteiger partial charge in [0.25, 0.3) is 0 Å². The molecule has 3 rings (SSSR count). The molecular formula is C26H29ClN2O3S. The lowest BCUT2D eigenvalue weighted by atomic mass is 10.1. The van der Waals surface area contributed by atoms with Gasteiger partial charge in [-0.1, -0.05) is 59.1 Å². The highest BCUT2D eigenvalue weighted by Gasteiger charge is 2.30. The standard InChI is InChI=1S/C26H29ClN2O3S/c1-17-6-8-22(9-7-17)15-29(16-25(30)28-24-11-10-23(27)14-19(24)3)33(31,32)26-20(4)12-18(2)13-21(26)5/h6-14H,15-16H2,1-5H3,(H,28,30). The van der Waals surface area contributed by atoms with Gasteiger partial charge in [0.1, 0.15) is 0 Å². The lowest BCUT2D eigenvalue weighted by molar-refractivity contribution is -0.116. The van der Waals surface area contributed by atoms with Crippen LogP contribution in [0.4, 0.5) is 5.69 Å². The first-order valence-corrected chi connectivity index (χ1v) is 12.5. The van der Waals surface area contributed by atoms with Crippen LogP contribution < -0.4 is 5.32 Å². The minimum absolute atomic E-state index is 0.0857. The summed E-state index contributed by atoms with van der Waals surface area (Å²) in [5.74, 6) is -0.418. The maximum atomic E-state index is 13.8. The Morgan fingerprint density at radius 2 is 1.45 bits per heavy atom. The summed E-state index contributed by atoms with van der Waals surface area (Å²) in [5, 5.41) is 3.39. The molecule has 0 unspecified atom stereocenters. The molecule has 3 aromatic rings. The number of carbonyl (C=O) groups excluding carboxylic acids is 1. The van der Waals surface area contributed by atoms with Crippen molar-refractivity contribution in [2.45, 2.75) is 46.1 Å². The Morgan fingerprint density at radius 1 is 0.848 bits per heavy atom. The number of anilines is 1. The average Bonchev–Trinajstić information content (AvgIpc) is 2.70. The number of nitrogens with zero attached hydrogens (tertiary/aromatic N) is 1. The maximum absolute atomic E-state index is 13.8. The van der Waals surface area contributed by atoms with E-state index in [9.17, 15) is 13.2 Å². The third-order valence-corrected chi connectivity index (χ3v) is 7.80. The van der Waals surface area contributed by atoms with E-state index in [1.165, 1.54) is 4.31 Å². The number of hydrogen-bond acceptors (Lipinski definition) is 3. The Hall–Kier alpha value is -2.67. The van der Waals surface area contributed by atoms with E-state index in [0.29, 0.717) is 21.8 Å². The molecule has 5 nitrogen and oxygen atoms in total. The Labute approximate surface area is 201 Å². The van der Waals surface area contributed by atoms with E-state index in [4.69, 9.17) is 11.6 Å². The van der Waals surface area contributed by atoms with Crippen LogP contribution in [0.3, 0.4) is 0 Å². The number of carbonyl (C=O) groups is 1. The first kappa shape index (κ1) is 25.0. The molecule has 1 N–H and O–H groups in total. The van der Waals surface area contributed by atoms with Crippen LogP contribution in [-0.4, -0.2) is 25.2 Å². The molecule has 0 spiro atoms. The zero-order valence-electron chi connectivity index (χ0n) is 19.6. The molecule has 174 valence electrons. The van der Waals surface area contributed by atoms with Gasteiger partial charge in [-0.3, -0.25) is 4.79 Å². The van der Waals surface area contributed by atoms with Crippen molar-refractivity contribution >= 4 is 33.2 Å². The number of benzene rings is 3. The maximum Gasteiger partial charge on any atom is 0.244 e. The third-order valence-electron chi connectivity index (χ3n) is 5.46. The van der Waals surface area contributed by atoms with Gasteiger partial charge < -0.3 is 5.32 Å². The summed E-state index contributed by atoms with van der Waals surface area (Å²) < 4.78 is 28.8. The lowest BCUT2D eigenvalue weighted by Crippen LogP contribution is -2.38. The molecule has 0 radical (unpaired) electrons. The van der Waals surface area contributed by atoms with Crippen LogP contribution in [0.1, 0.15) is 33.4 Å². The molecule has 1 amide bonds. The summed E-state index contributed by atoms with van der Waals surface area (Å²) in [6.07, 6.45) is 0. The molecule has 0 saturated carbocycles. The fourth-order valence-corrected chi connectivity index (χ4v) is 5.97. The molecule has 3 aromatic carbocycles. The van der Waals surface area contributed by atoms with E-state index >= 15 is 0 Å². The number of halogens is 1. The summed E-state index contributed by atoms with van der Waals surface area (Å²) in [6.45, 7) is 9.08. The summed E-state index contributed by atoms with van der Waals surface area (Å²) >= 11 is 6.01. The molecule has 0 saturated heterocycles. The highest BCUT2D eigenvalue weighted by molar-refractivity contribution is 7.89. The van der Waals surface area contributed by atoms with Crippen LogP contribution in [0.5, 0.6) is 0 Å². The number of hydrogen-bond donors (Lipinski definition) is 1. The van der Waals surface area contributed by atoms with Crippen molar-refractivity contribution in [3.05, 3.63) is 93.0 Å². The number of rotatable bonds is 7. The number of aryl methyl sites for hydroxylation is 5. The molecule has 7 heteroatoms. The van der Waals surface area contributed by atoms with Gasteiger partial charge in [-0.15, -0.1) is 0 Å². The fourth-order valence-electron chi connectivity index (χ4n) is 3.94. The average molecular weight is 485 g/mol. The Balaban J connectivity index is 1.97. The van der Waals surface area contributed by atoms with E-state index in [1.54, 1.807) is 32.0 Å². The van der Waals surface area contributed by atoms with Crippen LogP contribution in [0.25, 0.3) is 0 Å². The predicted molar refractivity (Wildman–Crippen MR) is 134 cm³/mol. The topological polar surface area (TPSA) is 66.5 Å². The quantitative estimate of drug-likeness (QED) is 0.467. The van der Waals surface area contributed by atoms with Crippen LogP contribution in [0.2, 0.25) is 5.02 Å². The van der Waals surface area contributed by atoms with Crippen LogP contribution in [0.15, 0.2) is 59.5 Å². The highest BCUT2D eigenvalue weighted by atomic mass is 35.5. The van der Waals surface area contributed by atoms with Gasteiger partial charge in [0.2, 0.25) is 15.9 Å². The number of nitrogens with one attached hydrogen (secondary N) is 1. The first-order chi connectivity index (χ1) is 15.5. The van der Waals surface area contributed by atoms with Gasteiger partial charge in [-0.05, 0) is 75.1 Å². The highest BCUT2D eigenvalue weighted by Crippen LogP contribution is 2.27. The number of sulfonamides is 1. The second-order valence-corrected chi connectivity index (χ2v) is 10.8. The second kappa shape index (κ2) is 10.1. The number of amides is 1. The van der Waals surface area contributed by atoms with Crippen molar-refractivity contribution in [3.63, 3.8) is 0 Å². The molecule has 0 fully saturated rings. The minimum Gasteiger partial charge on any atom is -0.325 e. The van der Waals surface area contributed by atoms with Crippen molar-refractivity contribution in [3.8, 4) is 0 Å². The molecule has 0 heterocycles. The molecule has 0 aliphatic carbocycles. The molecular weight excluding hydrogens is 456 g/mol. The van der Waals surface area contributed by atoms with Crippen molar-refractivity contribution in [2.75, 3.05) is 11.9 Å². The van der Waals surface area contributed by atoms with E-state index < -0.39 is 15.9 Å². The molecule has 0 aliphatic heterocycles. The van der Waals surface area contributed by atoms with Gasteiger partial charge >= 0.3 is 0 Å². The summed E-state index contributed by atoms with van der Waals surface area (Å²) in [5.41, 5.74) is 5.60. The minimum atomic E-state index is -3.94. The van der Waals surface area contributed by atoms with Crippen molar-refractivity contribution in [1.82, 2.24) is 4.31 Å². The van der Waals surface area contributed by atoms with Crippen molar-refractivity contribution < 1.29 is 13.2 Å². The largest absolute Gasteiger partial charge is 0.325 e. The van der Waals surface area contributed by atoms with E-state index in [0.717, 1.165) is 22.3 Å². The van der Waals surface area contributed by atoms with Gasteiger partial charge in [0.15, 0.2) is 0 Å². The van der Waals surface area contributed by atoms with Crippen LogP contribution in [-0.2, 0) is 21.4 Å². The van der Waals surface area contributed by atoms with E-state index in [2.05, 4.69) is 5.32 Å². The van der Waals surface area contributed by atoms with E-state index in [1.807, 2.05) is 57.2 Å². The molecule has 0 aliphatic rings. The summed E-state index contributed by atoms with van der Waals surface area (Å²) in [4.78, 5) is 13.2. The zero-order valence-corrected chi connectivity index (χ0v) is 21.1. The second-order valence-electron chi connectivity index (χ2n) is 8.49. The van der Waals surface area contributed by atoms with E-state index in [-0.39, 0.29) is 18.0 Å². The molecule has 0 aromatic heterocycles. The van der Waals surface area contributed by atoms with Crippen molar-refractivity contribution in [1.29, 1.82) is 0 Å². The monoisotopic (exact) mass is 484 g/mol. The van der Waals surface area contributed by atoms with Gasteiger partial charge in [-0.25, -0.2) is 8.42 Å². The lowest BCUT2D eigenvalue weighted by Gasteiger charge is -2.24. The fraction of sp³-hybridized carbons (Fsp3) is 0.269. The predicted octanol–water partition coefficient (Wildman–Crippen LogP) is 5.71.